The lowest BCUT2D eigenvalue weighted by molar-refractivity contribution is 0.453. The number of aryl methyl sites for hydroxylation is 1. The van der Waals surface area contributed by atoms with Gasteiger partial charge in [0.2, 0.25) is 0 Å². The van der Waals surface area contributed by atoms with Gasteiger partial charge in [0.05, 0.1) is 5.51 Å². The van der Waals surface area contributed by atoms with Crippen molar-refractivity contribution in [2.45, 2.75) is 38.6 Å². The zero-order valence-corrected chi connectivity index (χ0v) is 11.9. The molecule has 0 amide bonds. The van der Waals surface area contributed by atoms with Crippen molar-refractivity contribution in [2.24, 2.45) is 0 Å². The molecule has 0 radical (unpaired) electrons. The predicted molar refractivity (Wildman–Crippen MR) is 77.1 cm³/mol. The highest BCUT2D eigenvalue weighted by Gasteiger charge is 2.22. The Labute approximate surface area is 117 Å². The van der Waals surface area contributed by atoms with E-state index in [4.69, 9.17) is 4.98 Å². The van der Waals surface area contributed by atoms with Crippen molar-refractivity contribution >= 4 is 11.3 Å². The summed E-state index contributed by atoms with van der Waals surface area (Å²) in [4.78, 5) is 13.5. The van der Waals surface area contributed by atoms with Crippen LogP contribution in [-0.4, -0.2) is 21.5 Å². The van der Waals surface area contributed by atoms with Gasteiger partial charge in [-0.15, -0.1) is 11.3 Å². The summed E-state index contributed by atoms with van der Waals surface area (Å²) in [5.74, 6) is 0.760. The molecule has 100 valence electrons. The second-order valence-electron chi connectivity index (χ2n) is 4.87. The van der Waals surface area contributed by atoms with Gasteiger partial charge in [0.25, 0.3) is 0 Å². The van der Waals surface area contributed by atoms with E-state index in [1.54, 1.807) is 11.3 Å². The van der Waals surface area contributed by atoms with Crippen LogP contribution < -0.4 is 5.32 Å². The SMILES string of the molecule is CCCNC1CCCc2nc(-c3cscn3)ncc21. The summed E-state index contributed by atoms with van der Waals surface area (Å²) in [5, 5.41) is 5.59. The van der Waals surface area contributed by atoms with Crippen molar-refractivity contribution in [1.82, 2.24) is 20.3 Å². The maximum absolute atomic E-state index is 4.71. The summed E-state index contributed by atoms with van der Waals surface area (Å²) < 4.78 is 0. The molecule has 3 rings (SSSR count). The molecule has 0 fully saturated rings. The lowest BCUT2D eigenvalue weighted by Gasteiger charge is -2.25. The third kappa shape index (κ3) is 2.67. The third-order valence-electron chi connectivity index (χ3n) is 3.48. The fourth-order valence-electron chi connectivity index (χ4n) is 2.52. The van der Waals surface area contributed by atoms with E-state index in [2.05, 4.69) is 22.2 Å². The first-order valence-electron chi connectivity index (χ1n) is 6.86. The number of fused-ring (bicyclic) bond motifs is 1. The Balaban J connectivity index is 1.88. The fraction of sp³-hybridized carbons (Fsp3) is 0.500. The Morgan fingerprint density at radius 1 is 1.42 bits per heavy atom. The third-order valence-corrected chi connectivity index (χ3v) is 4.07. The van der Waals surface area contributed by atoms with Gasteiger partial charge < -0.3 is 5.32 Å². The number of nitrogens with zero attached hydrogens (tertiary/aromatic N) is 3. The molecule has 1 atom stereocenters. The zero-order valence-electron chi connectivity index (χ0n) is 11.1. The molecule has 0 aliphatic heterocycles. The van der Waals surface area contributed by atoms with Crippen LogP contribution in [0.1, 0.15) is 43.5 Å². The molecule has 1 aliphatic carbocycles. The molecule has 0 aromatic carbocycles. The molecular weight excluding hydrogens is 256 g/mol. The van der Waals surface area contributed by atoms with Crippen LogP contribution in [0, 0.1) is 0 Å². The number of rotatable bonds is 4. The molecule has 4 nitrogen and oxygen atoms in total. The summed E-state index contributed by atoms with van der Waals surface area (Å²) in [6.45, 7) is 3.25. The molecule has 1 aliphatic rings. The van der Waals surface area contributed by atoms with Gasteiger partial charge in [-0.1, -0.05) is 6.92 Å². The number of thiazole rings is 1. The van der Waals surface area contributed by atoms with E-state index in [9.17, 15) is 0 Å². The molecule has 1 unspecified atom stereocenters. The van der Waals surface area contributed by atoms with E-state index in [1.165, 1.54) is 24.1 Å². The van der Waals surface area contributed by atoms with Crippen molar-refractivity contribution in [2.75, 3.05) is 6.54 Å². The van der Waals surface area contributed by atoms with E-state index >= 15 is 0 Å². The highest BCUT2D eigenvalue weighted by atomic mass is 32.1. The van der Waals surface area contributed by atoms with E-state index in [-0.39, 0.29) is 0 Å². The average Bonchev–Trinajstić information content (AvgIpc) is 2.98. The average molecular weight is 274 g/mol. The van der Waals surface area contributed by atoms with Gasteiger partial charge in [0.1, 0.15) is 5.69 Å². The molecule has 0 saturated heterocycles. The predicted octanol–water partition coefficient (Wildman–Crippen LogP) is 2.98. The summed E-state index contributed by atoms with van der Waals surface area (Å²) in [5.41, 5.74) is 5.18. The Bertz CT molecular complexity index is 538. The summed E-state index contributed by atoms with van der Waals surface area (Å²) in [6.07, 6.45) is 6.58. The van der Waals surface area contributed by atoms with E-state index in [1.807, 2.05) is 17.1 Å². The minimum absolute atomic E-state index is 0.424. The Morgan fingerprint density at radius 3 is 3.16 bits per heavy atom. The van der Waals surface area contributed by atoms with Crippen LogP contribution in [0.25, 0.3) is 11.5 Å². The Morgan fingerprint density at radius 2 is 2.37 bits per heavy atom. The van der Waals surface area contributed by atoms with Crippen LogP contribution in [-0.2, 0) is 6.42 Å². The minimum Gasteiger partial charge on any atom is -0.310 e. The molecule has 1 N–H and O–H groups in total. The second kappa shape index (κ2) is 5.75. The van der Waals surface area contributed by atoms with Gasteiger partial charge in [0.15, 0.2) is 5.82 Å². The van der Waals surface area contributed by atoms with Gasteiger partial charge >= 0.3 is 0 Å². The smallest absolute Gasteiger partial charge is 0.179 e. The molecule has 0 saturated carbocycles. The van der Waals surface area contributed by atoms with Crippen molar-refractivity contribution in [3.05, 3.63) is 28.3 Å². The van der Waals surface area contributed by atoms with Crippen molar-refractivity contribution in [1.29, 1.82) is 0 Å². The summed E-state index contributed by atoms with van der Waals surface area (Å²) >= 11 is 1.58. The maximum Gasteiger partial charge on any atom is 0.179 e. The normalized spacial score (nSPS) is 18.3. The number of hydrogen-bond acceptors (Lipinski definition) is 5. The van der Waals surface area contributed by atoms with Crippen molar-refractivity contribution < 1.29 is 0 Å². The highest BCUT2D eigenvalue weighted by molar-refractivity contribution is 7.07. The van der Waals surface area contributed by atoms with Gasteiger partial charge in [-0.05, 0) is 32.2 Å². The molecule has 0 spiro atoms. The number of aromatic nitrogens is 3. The van der Waals surface area contributed by atoms with E-state index in [0.717, 1.165) is 30.9 Å². The molecule has 2 aromatic heterocycles. The van der Waals surface area contributed by atoms with Crippen LogP contribution in [0.5, 0.6) is 0 Å². The van der Waals surface area contributed by atoms with Gasteiger partial charge in [-0.2, -0.15) is 0 Å². The number of hydrogen-bond donors (Lipinski definition) is 1. The molecule has 2 heterocycles. The number of nitrogens with one attached hydrogen (secondary N) is 1. The largest absolute Gasteiger partial charge is 0.310 e. The van der Waals surface area contributed by atoms with Crippen LogP contribution in [0.2, 0.25) is 0 Å². The van der Waals surface area contributed by atoms with E-state index < -0.39 is 0 Å². The first kappa shape index (κ1) is 12.7. The molecule has 5 heteroatoms. The minimum atomic E-state index is 0.424. The van der Waals surface area contributed by atoms with Crippen molar-refractivity contribution in [3.8, 4) is 11.5 Å². The van der Waals surface area contributed by atoms with Crippen LogP contribution in [0.4, 0.5) is 0 Å². The Hall–Kier alpha value is -1.33. The lowest BCUT2D eigenvalue weighted by Crippen LogP contribution is -2.26. The summed E-state index contributed by atoms with van der Waals surface area (Å²) in [6, 6.07) is 0.424. The monoisotopic (exact) mass is 274 g/mol. The topological polar surface area (TPSA) is 50.7 Å². The van der Waals surface area contributed by atoms with Gasteiger partial charge in [-0.25, -0.2) is 15.0 Å². The fourth-order valence-corrected chi connectivity index (χ4v) is 3.05. The van der Waals surface area contributed by atoms with Gasteiger partial charge in [0, 0.05) is 28.9 Å². The molecular formula is C14H18N4S. The molecule has 19 heavy (non-hydrogen) atoms. The van der Waals surface area contributed by atoms with Crippen LogP contribution >= 0.6 is 11.3 Å². The molecule has 0 bridgehead atoms. The highest BCUT2D eigenvalue weighted by Crippen LogP contribution is 2.29. The second-order valence-corrected chi connectivity index (χ2v) is 5.59. The van der Waals surface area contributed by atoms with Crippen LogP contribution in [0.15, 0.2) is 17.1 Å². The first-order valence-corrected chi connectivity index (χ1v) is 7.80. The quantitative estimate of drug-likeness (QED) is 0.931. The van der Waals surface area contributed by atoms with Gasteiger partial charge in [-0.3, -0.25) is 0 Å². The lowest BCUT2D eigenvalue weighted by atomic mass is 9.92. The van der Waals surface area contributed by atoms with Crippen LogP contribution in [0.3, 0.4) is 0 Å². The Kier molecular flexibility index (Phi) is 3.84. The maximum atomic E-state index is 4.71. The first-order chi connectivity index (χ1) is 9.38. The standard InChI is InChI=1S/C14H18N4S/c1-2-6-15-11-4-3-5-12-10(11)7-16-14(18-12)13-8-19-9-17-13/h7-9,11,15H,2-6H2,1H3. The zero-order chi connectivity index (χ0) is 13.1. The molecule has 2 aromatic rings. The van der Waals surface area contributed by atoms with E-state index in [0.29, 0.717) is 6.04 Å². The van der Waals surface area contributed by atoms with Crippen molar-refractivity contribution in [3.63, 3.8) is 0 Å². The summed E-state index contributed by atoms with van der Waals surface area (Å²) in [7, 11) is 0.